The lowest BCUT2D eigenvalue weighted by Gasteiger charge is -2.59. The Labute approximate surface area is 144 Å². The van der Waals surface area contributed by atoms with Crippen molar-refractivity contribution in [2.45, 2.75) is 71.8 Å². The van der Waals surface area contributed by atoms with Gasteiger partial charge < -0.3 is 5.11 Å². The Kier molecular flexibility index (Phi) is 3.62. The third kappa shape index (κ3) is 2.00. The van der Waals surface area contributed by atoms with Crippen molar-refractivity contribution in [1.29, 1.82) is 0 Å². The number of aliphatic hydroxyl groups excluding tert-OH is 1. The van der Waals surface area contributed by atoms with E-state index >= 15 is 0 Å². The van der Waals surface area contributed by atoms with Gasteiger partial charge in [0.1, 0.15) is 5.78 Å². The minimum Gasteiger partial charge on any atom is -0.392 e. The normalized spacial score (nSPS) is 50.6. The smallest absolute Gasteiger partial charge is 0.158 e. The van der Waals surface area contributed by atoms with Gasteiger partial charge in [-0.15, -0.1) is 0 Å². The van der Waals surface area contributed by atoms with E-state index in [1.807, 2.05) is 6.08 Å². The third-order valence-corrected chi connectivity index (χ3v) is 8.56. The molecule has 3 nitrogen and oxygen atoms in total. The molecular weight excluding hydrogens is 300 g/mol. The molecule has 1 N–H and O–H groups in total. The zero-order chi connectivity index (χ0) is 17.3. The average Bonchev–Trinajstić information content (AvgIpc) is 2.86. The van der Waals surface area contributed by atoms with Crippen LogP contribution < -0.4 is 0 Å². The van der Waals surface area contributed by atoms with E-state index < -0.39 is 6.10 Å². The van der Waals surface area contributed by atoms with Crippen LogP contribution in [-0.2, 0) is 9.59 Å². The second-order valence-electron chi connectivity index (χ2n) is 9.34. The van der Waals surface area contributed by atoms with Crippen LogP contribution in [0, 0.1) is 34.5 Å². The summed E-state index contributed by atoms with van der Waals surface area (Å²) in [5.74, 6) is 2.35. The van der Waals surface area contributed by atoms with Crippen molar-refractivity contribution in [3.63, 3.8) is 0 Å². The number of hydrogen-bond acceptors (Lipinski definition) is 3. The molecule has 0 amide bonds. The summed E-state index contributed by atoms with van der Waals surface area (Å²) in [4.78, 5) is 24.1. The fourth-order valence-corrected chi connectivity index (χ4v) is 7.28. The van der Waals surface area contributed by atoms with Gasteiger partial charge in [0.2, 0.25) is 0 Å². The molecule has 0 radical (unpaired) electrons. The van der Waals surface area contributed by atoms with E-state index in [1.165, 1.54) is 5.57 Å². The van der Waals surface area contributed by atoms with Crippen LogP contribution in [0.1, 0.15) is 65.7 Å². The molecule has 0 heterocycles. The molecule has 3 fully saturated rings. The van der Waals surface area contributed by atoms with E-state index in [0.717, 1.165) is 38.5 Å². The summed E-state index contributed by atoms with van der Waals surface area (Å²) in [5, 5.41) is 10.8. The zero-order valence-electron chi connectivity index (χ0n) is 15.2. The van der Waals surface area contributed by atoms with Gasteiger partial charge in [-0.1, -0.05) is 19.4 Å². The monoisotopic (exact) mass is 330 g/mol. The zero-order valence-corrected chi connectivity index (χ0v) is 15.2. The molecule has 24 heavy (non-hydrogen) atoms. The molecule has 0 aromatic rings. The molecule has 4 aliphatic carbocycles. The fraction of sp³-hybridized carbons (Fsp3) is 0.810. The van der Waals surface area contributed by atoms with Crippen LogP contribution in [0.25, 0.3) is 0 Å². The van der Waals surface area contributed by atoms with Gasteiger partial charge in [0.25, 0.3) is 0 Å². The fourth-order valence-electron chi connectivity index (χ4n) is 7.28. The summed E-state index contributed by atoms with van der Waals surface area (Å²) in [6.07, 6.45) is 8.02. The maximum Gasteiger partial charge on any atom is 0.158 e. The van der Waals surface area contributed by atoms with E-state index in [2.05, 4.69) is 13.8 Å². The number of hydrogen-bond donors (Lipinski definition) is 1. The van der Waals surface area contributed by atoms with E-state index in [1.54, 1.807) is 6.92 Å². The summed E-state index contributed by atoms with van der Waals surface area (Å²) in [6, 6.07) is 0. The van der Waals surface area contributed by atoms with Gasteiger partial charge in [0.05, 0.1) is 6.10 Å². The quantitative estimate of drug-likeness (QED) is 0.797. The number of carbonyl (C=O) groups is 2. The standard InChI is InChI=1S/C21H30O3/c1-12(22)16-6-7-17-15-5-4-13-10-14(23)11-19(24)21(13,3)18(15)8-9-20(16,17)2/h10,15-19,24H,4-9,11H2,1-3H3/t15-,16+,17-,18-,19+,20-,21-/m1/s1. The van der Waals surface area contributed by atoms with Crippen LogP contribution in [-0.4, -0.2) is 22.8 Å². The number of carbonyl (C=O) groups excluding carboxylic acids is 2. The largest absolute Gasteiger partial charge is 0.392 e. The molecule has 132 valence electrons. The number of rotatable bonds is 1. The Hall–Kier alpha value is -0.960. The van der Waals surface area contributed by atoms with Crippen molar-refractivity contribution in [2.75, 3.05) is 0 Å². The molecule has 3 saturated carbocycles. The maximum atomic E-state index is 12.2. The van der Waals surface area contributed by atoms with Crippen molar-refractivity contribution in [2.24, 2.45) is 34.5 Å². The van der Waals surface area contributed by atoms with Gasteiger partial charge in [-0.2, -0.15) is 0 Å². The molecular formula is C21H30O3. The van der Waals surface area contributed by atoms with Gasteiger partial charge in [0, 0.05) is 17.8 Å². The summed E-state index contributed by atoms with van der Waals surface area (Å²) in [7, 11) is 0. The van der Waals surface area contributed by atoms with E-state index in [4.69, 9.17) is 0 Å². The number of fused-ring (bicyclic) bond motifs is 5. The Bertz CT molecular complexity index is 621. The third-order valence-electron chi connectivity index (χ3n) is 8.56. The van der Waals surface area contributed by atoms with E-state index in [-0.39, 0.29) is 29.0 Å². The van der Waals surface area contributed by atoms with Crippen LogP contribution in [0.4, 0.5) is 0 Å². The minimum atomic E-state index is -0.535. The molecule has 4 aliphatic rings. The topological polar surface area (TPSA) is 54.4 Å². The predicted octanol–water partition coefficient (Wildman–Crippen LogP) is 3.69. The molecule has 0 aromatic heterocycles. The Morgan fingerprint density at radius 2 is 1.92 bits per heavy atom. The first-order chi connectivity index (χ1) is 11.3. The number of aliphatic hydroxyl groups is 1. The summed E-state index contributed by atoms with van der Waals surface area (Å²) in [5.41, 5.74) is 1.11. The first-order valence-corrected chi connectivity index (χ1v) is 9.71. The van der Waals surface area contributed by atoms with Crippen molar-refractivity contribution < 1.29 is 14.7 Å². The highest BCUT2D eigenvalue weighted by atomic mass is 16.3. The van der Waals surface area contributed by atoms with Crippen LogP contribution in [0.15, 0.2) is 11.6 Å². The SMILES string of the molecule is CC(=O)[C@@H]1CC[C@@H]2[C@H]3CCC4=CC(=O)C[C@H](O)[C@@]4(C)[C@@H]3CC[C@@]21C. The Balaban J connectivity index is 1.70. The molecule has 7 atom stereocenters. The van der Waals surface area contributed by atoms with Crippen molar-refractivity contribution in [1.82, 2.24) is 0 Å². The van der Waals surface area contributed by atoms with Crippen molar-refractivity contribution in [3.8, 4) is 0 Å². The van der Waals surface area contributed by atoms with Crippen LogP contribution in [0.2, 0.25) is 0 Å². The minimum absolute atomic E-state index is 0.0894. The second kappa shape index (κ2) is 5.27. The summed E-state index contributed by atoms with van der Waals surface area (Å²) >= 11 is 0. The van der Waals surface area contributed by atoms with Crippen LogP contribution in [0.5, 0.6) is 0 Å². The number of ketones is 2. The highest BCUT2D eigenvalue weighted by Gasteiger charge is 2.61. The van der Waals surface area contributed by atoms with E-state index in [9.17, 15) is 14.7 Å². The molecule has 0 saturated heterocycles. The molecule has 0 aromatic carbocycles. The first-order valence-electron chi connectivity index (χ1n) is 9.71. The lowest BCUT2D eigenvalue weighted by molar-refractivity contribution is -0.134. The Morgan fingerprint density at radius 3 is 2.62 bits per heavy atom. The summed E-state index contributed by atoms with van der Waals surface area (Å²) < 4.78 is 0. The molecule has 0 unspecified atom stereocenters. The maximum absolute atomic E-state index is 12.2. The average molecular weight is 330 g/mol. The highest BCUT2D eigenvalue weighted by Crippen LogP contribution is 2.66. The van der Waals surface area contributed by atoms with Crippen molar-refractivity contribution >= 4 is 11.6 Å². The first kappa shape index (κ1) is 16.5. The van der Waals surface area contributed by atoms with Gasteiger partial charge in [-0.25, -0.2) is 0 Å². The predicted molar refractivity (Wildman–Crippen MR) is 92.3 cm³/mol. The summed E-state index contributed by atoms with van der Waals surface area (Å²) in [6.45, 7) is 6.32. The molecule has 0 bridgehead atoms. The lowest BCUT2D eigenvalue weighted by atomic mass is 9.46. The van der Waals surface area contributed by atoms with Crippen molar-refractivity contribution in [3.05, 3.63) is 11.6 Å². The van der Waals surface area contributed by atoms with Crippen LogP contribution >= 0.6 is 0 Å². The van der Waals surface area contributed by atoms with Gasteiger partial charge in [-0.3, -0.25) is 9.59 Å². The molecule has 0 spiro atoms. The van der Waals surface area contributed by atoms with E-state index in [0.29, 0.717) is 23.5 Å². The molecule has 4 rings (SSSR count). The highest BCUT2D eigenvalue weighted by molar-refractivity contribution is 5.92. The molecule has 0 aliphatic heterocycles. The van der Waals surface area contributed by atoms with Gasteiger partial charge >= 0.3 is 0 Å². The van der Waals surface area contributed by atoms with Gasteiger partial charge in [0.15, 0.2) is 5.78 Å². The van der Waals surface area contributed by atoms with Gasteiger partial charge in [-0.05, 0) is 74.7 Å². The van der Waals surface area contributed by atoms with Crippen LogP contribution in [0.3, 0.4) is 0 Å². The lowest BCUT2D eigenvalue weighted by Crippen LogP contribution is -2.55. The second-order valence-corrected chi connectivity index (χ2v) is 9.34. The number of Topliss-reactive ketones (excluding diaryl/α,β-unsaturated/α-hetero) is 1. The Morgan fingerprint density at radius 1 is 1.17 bits per heavy atom. The molecule has 3 heteroatoms.